The second kappa shape index (κ2) is 4.60. The van der Waals surface area contributed by atoms with E-state index in [1.54, 1.807) is 0 Å². The molecule has 0 aliphatic heterocycles. The molecule has 0 aromatic heterocycles. The Labute approximate surface area is 91.9 Å². The molecule has 1 amide bonds. The number of hydrogen-bond donors (Lipinski definition) is 1. The topological polar surface area (TPSA) is 29.1 Å². The van der Waals surface area contributed by atoms with Crippen LogP contribution in [0, 0.1) is 9.49 Å². The van der Waals surface area contributed by atoms with E-state index < -0.39 is 0 Å². The molecule has 0 fully saturated rings. The number of amides is 1. The third-order valence-electron chi connectivity index (χ3n) is 1.66. The van der Waals surface area contributed by atoms with Crippen LogP contribution in [-0.2, 0) is 4.79 Å². The zero-order valence-electron chi connectivity index (χ0n) is 7.67. The molecule has 0 spiro atoms. The lowest BCUT2D eigenvalue weighted by Gasteiger charge is -2.08. The average molecular weight is 289 g/mol. The van der Waals surface area contributed by atoms with Crippen molar-refractivity contribution in [2.75, 3.05) is 5.32 Å². The highest BCUT2D eigenvalue weighted by molar-refractivity contribution is 14.1. The van der Waals surface area contributed by atoms with Gasteiger partial charge in [0.2, 0.25) is 5.91 Å². The van der Waals surface area contributed by atoms with Crippen LogP contribution in [0.1, 0.15) is 13.8 Å². The maximum atomic E-state index is 11.4. The van der Waals surface area contributed by atoms with Gasteiger partial charge < -0.3 is 5.32 Å². The lowest BCUT2D eigenvalue weighted by Crippen LogP contribution is -2.18. The molecular weight excluding hydrogens is 277 g/mol. The zero-order valence-corrected chi connectivity index (χ0v) is 9.83. The summed E-state index contributed by atoms with van der Waals surface area (Å²) in [5.74, 6) is 0.0834. The van der Waals surface area contributed by atoms with Crippen molar-refractivity contribution in [1.82, 2.24) is 0 Å². The van der Waals surface area contributed by atoms with Gasteiger partial charge in [0.15, 0.2) is 0 Å². The molecule has 0 saturated carbocycles. The van der Waals surface area contributed by atoms with Crippen LogP contribution in [-0.4, -0.2) is 5.91 Å². The van der Waals surface area contributed by atoms with Crippen molar-refractivity contribution < 1.29 is 4.79 Å². The zero-order chi connectivity index (χ0) is 9.84. The summed E-state index contributed by atoms with van der Waals surface area (Å²) >= 11 is 2.20. The lowest BCUT2D eigenvalue weighted by atomic mass is 10.2. The fraction of sp³-hybridized carbons (Fsp3) is 0.300. The second-order valence-electron chi connectivity index (χ2n) is 3.12. The van der Waals surface area contributed by atoms with Crippen LogP contribution in [0.5, 0.6) is 0 Å². The fourth-order valence-corrected chi connectivity index (χ4v) is 1.36. The van der Waals surface area contributed by atoms with Gasteiger partial charge in [-0.15, -0.1) is 0 Å². The lowest BCUT2D eigenvalue weighted by molar-refractivity contribution is -0.118. The number of rotatable bonds is 2. The minimum atomic E-state index is 0.0241. The van der Waals surface area contributed by atoms with E-state index in [9.17, 15) is 4.79 Å². The summed E-state index contributed by atoms with van der Waals surface area (Å²) in [6.45, 7) is 3.76. The molecule has 2 nitrogen and oxygen atoms in total. The van der Waals surface area contributed by atoms with Crippen molar-refractivity contribution in [2.24, 2.45) is 5.92 Å². The molecule has 0 atom stereocenters. The molecule has 0 bridgehead atoms. The molecule has 1 rings (SSSR count). The van der Waals surface area contributed by atoms with Crippen LogP contribution >= 0.6 is 22.6 Å². The largest absolute Gasteiger partial charge is 0.325 e. The molecule has 0 unspecified atom stereocenters. The van der Waals surface area contributed by atoms with Gasteiger partial charge in [0.25, 0.3) is 0 Å². The van der Waals surface area contributed by atoms with Gasteiger partial charge in [-0.05, 0) is 34.7 Å². The van der Waals surface area contributed by atoms with Gasteiger partial charge in [-0.1, -0.05) is 26.0 Å². The molecule has 0 saturated heterocycles. The van der Waals surface area contributed by atoms with E-state index in [1.807, 2.05) is 38.1 Å². The quantitative estimate of drug-likeness (QED) is 0.833. The minimum absolute atomic E-state index is 0.0241. The molecule has 3 heteroatoms. The normalized spacial score (nSPS) is 10.2. The van der Waals surface area contributed by atoms with Crippen LogP contribution in [0.2, 0.25) is 0 Å². The maximum absolute atomic E-state index is 11.4. The van der Waals surface area contributed by atoms with Gasteiger partial charge in [-0.3, -0.25) is 4.79 Å². The second-order valence-corrected chi connectivity index (χ2v) is 4.29. The Kier molecular flexibility index (Phi) is 3.71. The molecule has 0 heterocycles. The van der Waals surface area contributed by atoms with Gasteiger partial charge in [0.05, 0.1) is 5.69 Å². The van der Waals surface area contributed by atoms with E-state index in [0.717, 1.165) is 9.26 Å². The average Bonchev–Trinajstić information content (AvgIpc) is 2.08. The standard InChI is InChI=1S/C10H12INO/c1-7(2)10(13)12-9-6-4-3-5-8(9)11/h3-7H,1-2H3,(H,12,13). The molecule has 13 heavy (non-hydrogen) atoms. The van der Waals surface area contributed by atoms with E-state index in [-0.39, 0.29) is 11.8 Å². The van der Waals surface area contributed by atoms with Crippen molar-refractivity contribution in [3.05, 3.63) is 27.8 Å². The monoisotopic (exact) mass is 289 g/mol. The van der Waals surface area contributed by atoms with Crippen LogP contribution < -0.4 is 5.32 Å². The van der Waals surface area contributed by atoms with E-state index in [0.29, 0.717) is 0 Å². The highest BCUT2D eigenvalue weighted by atomic mass is 127. The van der Waals surface area contributed by atoms with E-state index >= 15 is 0 Å². The van der Waals surface area contributed by atoms with Crippen molar-refractivity contribution in [2.45, 2.75) is 13.8 Å². The predicted octanol–water partition coefficient (Wildman–Crippen LogP) is 2.89. The SMILES string of the molecule is CC(C)C(=O)Nc1ccccc1I. The van der Waals surface area contributed by atoms with E-state index in [4.69, 9.17) is 0 Å². The number of carbonyl (C=O) groups is 1. The number of carbonyl (C=O) groups excluding carboxylic acids is 1. The number of nitrogens with one attached hydrogen (secondary N) is 1. The summed E-state index contributed by atoms with van der Waals surface area (Å²) in [6.07, 6.45) is 0. The molecule has 0 aliphatic rings. The van der Waals surface area contributed by atoms with Gasteiger partial charge >= 0.3 is 0 Å². The summed E-state index contributed by atoms with van der Waals surface area (Å²) in [4.78, 5) is 11.4. The first-order valence-corrected chi connectivity index (χ1v) is 5.24. The highest BCUT2D eigenvalue weighted by Gasteiger charge is 2.07. The molecule has 0 radical (unpaired) electrons. The first-order valence-electron chi connectivity index (χ1n) is 4.16. The van der Waals surface area contributed by atoms with Crippen LogP contribution in [0.3, 0.4) is 0 Å². The third-order valence-corrected chi connectivity index (χ3v) is 2.60. The Morgan fingerprint density at radius 1 is 1.38 bits per heavy atom. The maximum Gasteiger partial charge on any atom is 0.226 e. The summed E-state index contributed by atoms with van der Waals surface area (Å²) in [7, 11) is 0. The number of hydrogen-bond acceptors (Lipinski definition) is 1. The number of halogens is 1. The van der Waals surface area contributed by atoms with Crippen molar-refractivity contribution >= 4 is 34.2 Å². The van der Waals surface area contributed by atoms with Crippen LogP contribution in [0.15, 0.2) is 24.3 Å². The Balaban J connectivity index is 2.75. The predicted molar refractivity (Wildman–Crippen MR) is 62.6 cm³/mol. The van der Waals surface area contributed by atoms with Gasteiger partial charge in [0, 0.05) is 9.49 Å². The Morgan fingerprint density at radius 2 is 2.00 bits per heavy atom. The number of para-hydroxylation sites is 1. The first kappa shape index (κ1) is 10.5. The first-order chi connectivity index (χ1) is 6.11. The molecular formula is C10H12INO. The number of anilines is 1. The van der Waals surface area contributed by atoms with E-state index in [2.05, 4.69) is 27.9 Å². The minimum Gasteiger partial charge on any atom is -0.325 e. The van der Waals surface area contributed by atoms with Crippen molar-refractivity contribution in [1.29, 1.82) is 0 Å². The van der Waals surface area contributed by atoms with Gasteiger partial charge in [0.1, 0.15) is 0 Å². The van der Waals surface area contributed by atoms with Gasteiger partial charge in [-0.2, -0.15) is 0 Å². The van der Waals surface area contributed by atoms with Crippen LogP contribution in [0.25, 0.3) is 0 Å². The van der Waals surface area contributed by atoms with E-state index in [1.165, 1.54) is 0 Å². The molecule has 1 aromatic carbocycles. The van der Waals surface area contributed by atoms with Gasteiger partial charge in [-0.25, -0.2) is 0 Å². The molecule has 0 aliphatic carbocycles. The Bertz CT molecular complexity index is 310. The van der Waals surface area contributed by atoms with Crippen molar-refractivity contribution in [3.63, 3.8) is 0 Å². The van der Waals surface area contributed by atoms with Crippen molar-refractivity contribution in [3.8, 4) is 0 Å². The smallest absolute Gasteiger partial charge is 0.226 e. The Morgan fingerprint density at radius 3 is 2.54 bits per heavy atom. The summed E-state index contributed by atoms with van der Waals surface area (Å²) in [6, 6.07) is 7.74. The third kappa shape index (κ3) is 2.99. The summed E-state index contributed by atoms with van der Waals surface area (Å²) in [5, 5.41) is 2.86. The molecule has 1 N–H and O–H groups in total. The highest BCUT2D eigenvalue weighted by Crippen LogP contribution is 2.17. The summed E-state index contributed by atoms with van der Waals surface area (Å²) in [5.41, 5.74) is 0.891. The molecule has 1 aromatic rings. The summed E-state index contributed by atoms with van der Waals surface area (Å²) < 4.78 is 1.06. The fourth-order valence-electron chi connectivity index (χ4n) is 0.840. The van der Waals surface area contributed by atoms with Crippen LogP contribution in [0.4, 0.5) is 5.69 Å². The molecule has 70 valence electrons. The Hall–Kier alpha value is -0.580. The number of benzene rings is 1.